The van der Waals surface area contributed by atoms with Gasteiger partial charge in [0.15, 0.2) is 0 Å². The molecule has 3 aromatic carbocycles. The Kier molecular flexibility index (Phi) is 7.01. The molecule has 1 saturated carbocycles. The summed E-state index contributed by atoms with van der Waals surface area (Å²) >= 11 is 0. The highest BCUT2D eigenvalue weighted by molar-refractivity contribution is 5.90. The molecule has 1 amide bonds. The monoisotopic (exact) mass is 509 g/mol. The zero-order valence-electron chi connectivity index (χ0n) is 21.8. The Balaban J connectivity index is 1.29. The van der Waals surface area contributed by atoms with Gasteiger partial charge in [-0.1, -0.05) is 78.9 Å². The lowest BCUT2D eigenvalue weighted by molar-refractivity contribution is -0.146. The molecule has 1 heterocycles. The molecular weight excluding hydrogens is 478 g/mol. The maximum Gasteiger partial charge on any atom is 0.413 e. The highest BCUT2D eigenvalue weighted by atomic mass is 16.6. The van der Waals surface area contributed by atoms with E-state index in [9.17, 15) is 9.59 Å². The van der Waals surface area contributed by atoms with Crippen LogP contribution in [0.5, 0.6) is 0 Å². The first-order valence-electron chi connectivity index (χ1n) is 12.8. The molecule has 1 aromatic heterocycles. The number of aromatic nitrogens is 2. The van der Waals surface area contributed by atoms with Crippen LogP contribution in [0.1, 0.15) is 43.9 Å². The summed E-state index contributed by atoms with van der Waals surface area (Å²) in [6, 6.07) is 25.8. The van der Waals surface area contributed by atoms with Crippen LogP contribution in [-0.2, 0) is 26.7 Å². The van der Waals surface area contributed by atoms with Crippen LogP contribution in [0.15, 0.2) is 85.1 Å². The van der Waals surface area contributed by atoms with Crippen LogP contribution >= 0.6 is 0 Å². The van der Waals surface area contributed by atoms with Gasteiger partial charge in [0.25, 0.3) is 0 Å². The fraction of sp³-hybridized carbons (Fsp3) is 0.258. The van der Waals surface area contributed by atoms with E-state index in [0.717, 1.165) is 46.2 Å². The lowest BCUT2D eigenvalue weighted by Gasteiger charge is -2.15. The van der Waals surface area contributed by atoms with Crippen molar-refractivity contribution in [1.82, 2.24) is 9.78 Å². The van der Waals surface area contributed by atoms with Crippen molar-refractivity contribution in [2.24, 2.45) is 7.05 Å². The molecule has 0 bridgehead atoms. The van der Waals surface area contributed by atoms with Gasteiger partial charge in [-0.15, -0.1) is 0 Å². The number of aryl methyl sites for hydroxylation is 1. The predicted molar refractivity (Wildman–Crippen MR) is 147 cm³/mol. The molecule has 38 heavy (non-hydrogen) atoms. The van der Waals surface area contributed by atoms with Crippen LogP contribution in [-0.4, -0.2) is 28.4 Å². The van der Waals surface area contributed by atoms with E-state index in [1.54, 1.807) is 17.9 Å². The standard InChI is InChI=1S/C31H31N3O4/c1-4-37-29(35)31(18-19-31)26-16-14-24(15-17-26)23-10-12-25(13-11-23)27-20-32-34(3)28(27)33-30(36)38-21(2)22-8-6-5-7-9-22/h5-17,20-21H,4,18-19H2,1-3H3,(H,33,36). The molecule has 1 aliphatic carbocycles. The third-order valence-electron chi connectivity index (χ3n) is 7.09. The molecule has 1 atom stereocenters. The number of nitrogens with zero attached hydrogens (tertiary/aromatic N) is 2. The van der Waals surface area contributed by atoms with Crippen molar-refractivity contribution in [3.63, 3.8) is 0 Å². The summed E-state index contributed by atoms with van der Waals surface area (Å²) in [6.07, 6.45) is 2.47. The van der Waals surface area contributed by atoms with Gasteiger partial charge in [0.2, 0.25) is 0 Å². The maximum atomic E-state index is 12.6. The van der Waals surface area contributed by atoms with Crippen LogP contribution in [0.3, 0.4) is 0 Å². The van der Waals surface area contributed by atoms with Crippen molar-refractivity contribution < 1.29 is 19.1 Å². The molecule has 1 N–H and O–H groups in total. The van der Waals surface area contributed by atoms with Crippen molar-refractivity contribution in [2.75, 3.05) is 11.9 Å². The molecule has 0 saturated heterocycles. The van der Waals surface area contributed by atoms with Gasteiger partial charge in [-0.25, -0.2) is 4.79 Å². The average molecular weight is 510 g/mol. The van der Waals surface area contributed by atoms with Crippen LogP contribution < -0.4 is 5.32 Å². The van der Waals surface area contributed by atoms with Crippen molar-refractivity contribution in [3.05, 3.63) is 96.2 Å². The minimum atomic E-state index is -0.542. The first-order chi connectivity index (χ1) is 18.4. The van der Waals surface area contributed by atoms with Crippen molar-refractivity contribution >= 4 is 17.9 Å². The SMILES string of the molecule is CCOC(=O)C1(c2ccc(-c3ccc(-c4cnn(C)c4NC(=O)OC(C)c4ccccc4)cc3)cc2)CC1. The largest absolute Gasteiger partial charge is 0.465 e. The number of carbonyl (C=O) groups excluding carboxylic acids is 2. The molecule has 7 heteroatoms. The van der Waals surface area contributed by atoms with Crippen LogP contribution in [0, 0.1) is 0 Å². The number of amides is 1. The quantitative estimate of drug-likeness (QED) is 0.269. The van der Waals surface area contributed by atoms with E-state index in [1.807, 2.05) is 92.7 Å². The number of benzene rings is 3. The molecule has 0 aliphatic heterocycles. The normalized spacial score (nSPS) is 14.4. The molecule has 194 valence electrons. The third-order valence-corrected chi connectivity index (χ3v) is 7.09. The smallest absolute Gasteiger partial charge is 0.413 e. The number of ether oxygens (including phenoxy) is 2. The summed E-state index contributed by atoms with van der Waals surface area (Å²) < 4.78 is 12.5. The van der Waals surface area contributed by atoms with Crippen molar-refractivity contribution in [2.45, 2.75) is 38.2 Å². The molecule has 4 aromatic rings. The summed E-state index contributed by atoms with van der Waals surface area (Å²) in [6.45, 7) is 4.07. The summed E-state index contributed by atoms with van der Waals surface area (Å²) in [5.74, 6) is 0.428. The van der Waals surface area contributed by atoms with Crippen LogP contribution in [0.4, 0.5) is 10.6 Å². The number of hydrogen-bond acceptors (Lipinski definition) is 5. The molecular formula is C31H31N3O4. The summed E-state index contributed by atoms with van der Waals surface area (Å²) in [7, 11) is 1.78. The molecule has 0 spiro atoms. The number of carbonyl (C=O) groups is 2. The lowest BCUT2D eigenvalue weighted by Crippen LogP contribution is -2.23. The molecule has 1 aliphatic rings. The van der Waals surface area contributed by atoms with Gasteiger partial charge >= 0.3 is 12.1 Å². The topological polar surface area (TPSA) is 82.5 Å². The fourth-order valence-electron chi connectivity index (χ4n) is 4.70. The Labute approximate surface area is 222 Å². The number of esters is 1. The number of nitrogens with one attached hydrogen (secondary N) is 1. The Hall–Kier alpha value is -4.39. The second-order valence-electron chi connectivity index (χ2n) is 9.57. The van der Waals surface area contributed by atoms with Gasteiger partial charge in [-0.3, -0.25) is 14.8 Å². The second-order valence-corrected chi connectivity index (χ2v) is 9.57. The van der Waals surface area contributed by atoms with E-state index >= 15 is 0 Å². The highest BCUT2D eigenvalue weighted by Gasteiger charge is 2.52. The van der Waals surface area contributed by atoms with Crippen molar-refractivity contribution in [1.29, 1.82) is 0 Å². The van der Waals surface area contributed by atoms with Gasteiger partial charge in [0.1, 0.15) is 11.9 Å². The maximum absolute atomic E-state index is 12.6. The first kappa shape index (κ1) is 25.3. The van der Waals surface area contributed by atoms with E-state index in [4.69, 9.17) is 9.47 Å². The minimum absolute atomic E-state index is 0.128. The first-order valence-corrected chi connectivity index (χ1v) is 12.8. The predicted octanol–water partition coefficient (Wildman–Crippen LogP) is 6.66. The van der Waals surface area contributed by atoms with E-state index in [-0.39, 0.29) is 12.1 Å². The van der Waals surface area contributed by atoms with E-state index in [2.05, 4.69) is 10.4 Å². The van der Waals surface area contributed by atoms with Gasteiger partial charge in [-0.2, -0.15) is 5.10 Å². The molecule has 1 unspecified atom stereocenters. The second kappa shape index (κ2) is 10.5. The summed E-state index contributed by atoms with van der Waals surface area (Å²) in [5.41, 5.74) is 5.29. The van der Waals surface area contributed by atoms with Gasteiger partial charge in [-0.05, 0) is 54.5 Å². The van der Waals surface area contributed by atoms with Crippen LogP contribution in [0.2, 0.25) is 0 Å². The molecule has 0 radical (unpaired) electrons. The molecule has 7 nitrogen and oxygen atoms in total. The summed E-state index contributed by atoms with van der Waals surface area (Å²) in [5, 5.41) is 7.19. The Bertz CT molecular complexity index is 1420. The average Bonchev–Trinajstić information content (AvgIpc) is 3.68. The highest BCUT2D eigenvalue weighted by Crippen LogP contribution is 2.49. The molecule has 1 fully saturated rings. The third kappa shape index (κ3) is 5.05. The van der Waals surface area contributed by atoms with E-state index < -0.39 is 11.5 Å². The Morgan fingerprint density at radius 1 is 0.947 bits per heavy atom. The van der Waals surface area contributed by atoms with E-state index in [1.165, 1.54) is 0 Å². The zero-order valence-corrected chi connectivity index (χ0v) is 21.8. The van der Waals surface area contributed by atoms with Gasteiger partial charge in [0.05, 0.1) is 18.2 Å². The molecule has 5 rings (SSSR count). The summed E-state index contributed by atoms with van der Waals surface area (Å²) in [4.78, 5) is 25.1. The number of anilines is 1. The van der Waals surface area contributed by atoms with Gasteiger partial charge in [0, 0.05) is 12.6 Å². The Morgan fingerprint density at radius 3 is 2.16 bits per heavy atom. The zero-order chi connectivity index (χ0) is 26.7. The van der Waals surface area contributed by atoms with E-state index in [0.29, 0.717) is 12.4 Å². The number of rotatable bonds is 8. The number of hydrogen-bond donors (Lipinski definition) is 1. The van der Waals surface area contributed by atoms with Crippen molar-refractivity contribution in [3.8, 4) is 22.3 Å². The minimum Gasteiger partial charge on any atom is -0.465 e. The van der Waals surface area contributed by atoms with Crippen LogP contribution in [0.25, 0.3) is 22.3 Å². The fourth-order valence-corrected chi connectivity index (χ4v) is 4.70. The Morgan fingerprint density at radius 2 is 1.55 bits per heavy atom. The van der Waals surface area contributed by atoms with Gasteiger partial charge < -0.3 is 9.47 Å². The lowest BCUT2D eigenvalue weighted by atomic mass is 9.93.